The average Bonchev–Trinajstić information content (AvgIpc) is 3.05. The lowest BCUT2D eigenvalue weighted by Crippen LogP contribution is -2.45. The Morgan fingerprint density at radius 1 is 0.969 bits per heavy atom. The molecule has 7 nitrogen and oxygen atoms in total. The molecule has 0 bridgehead atoms. The van der Waals surface area contributed by atoms with Crippen molar-refractivity contribution in [3.8, 4) is 0 Å². The summed E-state index contributed by atoms with van der Waals surface area (Å²) in [6.07, 6.45) is 3.47. The monoisotopic (exact) mass is 476 g/mol. The van der Waals surface area contributed by atoms with Crippen molar-refractivity contribution in [3.63, 3.8) is 0 Å². The van der Waals surface area contributed by atoms with Crippen LogP contribution < -0.4 is 0 Å². The summed E-state index contributed by atoms with van der Waals surface area (Å²) in [6.45, 7) is 4.84. The Morgan fingerprint density at radius 3 is 2.44 bits per heavy atom. The zero-order valence-corrected chi connectivity index (χ0v) is 19.6. The molecule has 0 saturated carbocycles. The molecule has 2 aliphatic rings. The Balaban J connectivity index is 1.31. The lowest BCUT2D eigenvalue weighted by Gasteiger charge is -2.33. The highest BCUT2D eigenvalue weighted by molar-refractivity contribution is 7.89. The molecule has 32 heavy (non-hydrogen) atoms. The number of aromatic nitrogens is 1. The van der Waals surface area contributed by atoms with Crippen LogP contribution in [0.3, 0.4) is 0 Å². The fourth-order valence-corrected chi connectivity index (χ4v) is 6.39. The van der Waals surface area contributed by atoms with Gasteiger partial charge in [0, 0.05) is 57.9 Å². The number of halogens is 1. The number of rotatable bonds is 5. The highest BCUT2D eigenvalue weighted by Crippen LogP contribution is 2.28. The first-order valence-corrected chi connectivity index (χ1v) is 12.9. The molecule has 3 heterocycles. The van der Waals surface area contributed by atoms with Crippen LogP contribution in [0.4, 0.5) is 0 Å². The van der Waals surface area contributed by atoms with Gasteiger partial charge < -0.3 is 4.90 Å². The SMILES string of the molecule is O=C(C1CCN(S(=O)(=O)c2cccnc2Cl)CC1)N1CCCN(Cc2ccccc2)CC1. The first-order chi connectivity index (χ1) is 15.4. The number of nitrogens with zero attached hydrogens (tertiary/aromatic N) is 4. The molecule has 0 atom stereocenters. The van der Waals surface area contributed by atoms with Gasteiger partial charge in [-0.2, -0.15) is 4.31 Å². The largest absolute Gasteiger partial charge is 0.341 e. The summed E-state index contributed by atoms with van der Waals surface area (Å²) in [4.78, 5) is 21.4. The van der Waals surface area contributed by atoms with Crippen LogP contribution in [0.15, 0.2) is 53.6 Å². The second-order valence-corrected chi connectivity index (χ2v) is 10.7. The third kappa shape index (κ3) is 5.31. The number of hydrogen-bond acceptors (Lipinski definition) is 5. The molecule has 0 unspecified atom stereocenters. The normalized spacial score (nSPS) is 19.6. The Hall–Kier alpha value is -2.00. The number of amides is 1. The van der Waals surface area contributed by atoms with Crippen molar-refractivity contribution in [2.75, 3.05) is 39.3 Å². The van der Waals surface area contributed by atoms with Gasteiger partial charge in [-0.15, -0.1) is 0 Å². The molecule has 172 valence electrons. The van der Waals surface area contributed by atoms with Gasteiger partial charge in [0.25, 0.3) is 0 Å². The van der Waals surface area contributed by atoms with E-state index < -0.39 is 10.0 Å². The van der Waals surface area contributed by atoms with E-state index >= 15 is 0 Å². The minimum absolute atomic E-state index is 0.0182. The van der Waals surface area contributed by atoms with E-state index in [-0.39, 0.29) is 21.9 Å². The van der Waals surface area contributed by atoms with Gasteiger partial charge in [0.1, 0.15) is 10.0 Å². The van der Waals surface area contributed by atoms with E-state index in [1.807, 2.05) is 11.0 Å². The van der Waals surface area contributed by atoms with E-state index in [0.717, 1.165) is 39.1 Å². The molecule has 2 fully saturated rings. The van der Waals surface area contributed by atoms with Crippen molar-refractivity contribution >= 4 is 27.5 Å². The molecule has 2 aromatic rings. The van der Waals surface area contributed by atoms with Gasteiger partial charge in [0.15, 0.2) is 0 Å². The summed E-state index contributed by atoms with van der Waals surface area (Å²) in [5.74, 6) is 0.0227. The van der Waals surface area contributed by atoms with Gasteiger partial charge in [-0.3, -0.25) is 9.69 Å². The number of benzene rings is 1. The van der Waals surface area contributed by atoms with Crippen LogP contribution in [0.5, 0.6) is 0 Å². The van der Waals surface area contributed by atoms with E-state index in [9.17, 15) is 13.2 Å². The number of sulfonamides is 1. The lowest BCUT2D eigenvalue weighted by atomic mass is 9.96. The van der Waals surface area contributed by atoms with Crippen LogP contribution in [0.2, 0.25) is 5.15 Å². The summed E-state index contributed by atoms with van der Waals surface area (Å²) >= 11 is 6.01. The van der Waals surface area contributed by atoms with Crippen LogP contribution in [0.25, 0.3) is 0 Å². The smallest absolute Gasteiger partial charge is 0.246 e. The van der Waals surface area contributed by atoms with E-state index in [1.54, 1.807) is 6.07 Å². The molecule has 2 saturated heterocycles. The van der Waals surface area contributed by atoms with Crippen LogP contribution in [0.1, 0.15) is 24.8 Å². The molecule has 1 aromatic heterocycles. The molecule has 0 aliphatic carbocycles. The maximum absolute atomic E-state index is 13.2. The molecule has 1 amide bonds. The highest BCUT2D eigenvalue weighted by Gasteiger charge is 2.35. The quantitative estimate of drug-likeness (QED) is 0.620. The molecule has 1 aromatic carbocycles. The summed E-state index contributed by atoms with van der Waals surface area (Å²) in [5.41, 5.74) is 1.29. The standard InChI is InChI=1S/C23H29ClN4O3S/c24-22-21(8-4-11-25-22)32(30,31)28-14-9-20(10-15-28)23(29)27-13-5-12-26(16-17-27)18-19-6-2-1-3-7-19/h1-4,6-8,11,20H,5,9-10,12-18H2. The molecular formula is C23H29ClN4O3S. The fraction of sp³-hybridized carbons (Fsp3) is 0.478. The molecule has 2 aliphatic heterocycles. The minimum Gasteiger partial charge on any atom is -0.341 e. The van der Waals surface area contributed by atoms with Gasteiger partial charge in [-0.1, -0.05) is 41.9 Å². The summed E-state index contributed by atoms with van der Waals surface area (Å²) in [5, 5.41) is -0.0182. The van der Waals surface area contributed by atoms with Crippen LogP contribution in [0, 0.1) is 5.92 Å². The van der Waals surface area contributed by atoms with Gasteiger partial charge in [-0.25, -0.2) is 13.4 Å². The van der Waals surface area contributed by atoms with Crippen molar-refractivity contribution in [2.45, 2.75) is 30.7 Å². The summed E-state index contributed by atoms with van der Waals surface area (Å²) in [7, 11) is -3.70. The topological polar surface area (TPSA) is 73.8 Å². The van der Waals surface area contributed by atoms with Crippen molar-refractivity contribution in [1.29, 1.82) is 0 Å². The zero-order chi connectivity index (χ0) is 22.6. The van der Waals surface area contributed by atoms with E-state index in [4.69, 9.17) is 11.6 Å². The van der Waals surface area contributed by atoms with Crippen molar-refractivity contribution in [3.05, 3.63) is 59.4 Å². The molecule has 9 heteroatoms. The number of hydrogen-bond donors (Lipinski definition) is 0. The van der Waals surface area contributed by atoms with E-state index in [0.29, 0.717) is 25.9 Å². The van der Waals surface area contributed by atoms with Crippen molar-refractivity contribution in [2.24, 2.45) is 5.92 Å². The van der Waals surface area contributed by atoms with E-state index in [2.05, 4.69) is 34.1 Å². The first-order valence-electron chi connectivity index (χ1n) is 11.1. The third-order valence-electron chi connectivity index (χ3n) is 6.30. The maximum atomic E-state index is 13.2. The van der Waals surface area contributed by atoms with Gasteiger partial charge in [-0.05, 0) is 37.0 Å². The lowest BCUT2D eigenvalue weighted by molar-refractivity contribution is -0.136. The second-order valence-electron chi connectivity index (χ2n) is 8.41. The zero-order valence-electron chi connectivity index (χ0n) is 18.1. The summed E-state index contributed by atoms with van der Waals surface area (Å²) < 4.78 is 27.3. The molecule has 4 rings (SSSR count). The Kier molecular flexibility index (Phi) is 7.45. The minimum atomic E-state index is -3.70. The van der Waals surface area contributed by atoms with Crippen LogP contribution in [-0.4, -0.2) is 72.7 Å². The second kappa shape index (κ2) is 10.3. The Bertz CT molecular complexity index is 1030. The van der Waals surface area contributed by atoms with Crippen molar-refractivity contribution in [1.82, 2.24) is 19.1 Å². The predicted octanol–water partition coefficient (Wildman–Crippen LogP) is 2.87. The predicted molar refractivity (Wildman–Crippen MR) is 124 cm³/mol. The Labute approximate surface area is 195 Å². The number of piperidine rings is 1. The number of pyridine rings is 1. The Morgan fingerprint density at radius 2 is 1.72 bits per heavy atom. The van der Waals surface area contributed by atoms with Gasteiger partial charge in [0.2, 0.25) is 15.9 Å². The summed E-state index contributed by atoms with van der Waals surface area (Å²) in [6, 6.07) is 13.4. The first kappa shape index (κ1) is 23.2. The maximum Gasteiger partial charge on any atom is 0.246 e. The third-order valence-corrected chi connectivity index (χ3v) is 8.64. The molecular weight excluding hydrogens is 448 g/mol. The molecule has 0 N–H and O–H groups in total. The van der Waals surface area contributed by atoms with Crippen molar-refractivity contribution < 1.29 is 13.2 Å². The average molecular weight is 477 g/mol. The van der Waals surface area contributed by atoms with Gasteiger partial charge >= 0.3 is 0 Å². The fourth-order valence-electron chi connectivity index (χ4n) is 4.50. The number of carbonyl (C=O) groups is 1. The van der Waals surface area contributed by atoms with Gasteiger partial charge in [0.05, 0.1) is 0 Å². The highest BCUT2D eigenvalue weighted by atomic mass is 35.5. The number of carbonyl (C=O) groups excluding carboxylic acids is 1. The van der Waals surface area contributed by atoms with E-state index in [1.165, 1.54) is 22.1 Å². The van der Waals surface area contributed by atoms with Crippen LogP contribution >= 0.6 is 11.6 Å². The molecule has 0 radical (unpaired) electrons. The molecule has 0 spiro atoms. The van der Waals surface area contributed by atoms with Crippen LogP contribution in [-0.2, 0) is 21.4 Å².